The average molecular weight is 287 g/mol. The number of carbonyl (C=O) groups excluding carboxylic acids is 2. The topological polar surface area (TPSA) is 73.2 Å². The summed E-state index contributed by atoms with van der Waals surface area (Å²) in [5, 5.41) is 6.92. The van der Waals surface area contributed by atoms with Gasteiger partial charge in [-0.05, 0) is 38.1 Å². The molecule has 0 aliphatic rings. The number of amides is 1. The lowest BCUT2D eigenvalue weighted by atomic mass is 10.2. The molecule has 21 heavy (non-hydrogen) atoms. The molecular formula is C15H17N3O3. The summed E-state index contributed by atoms with van der Waals surface area (Å²) in [5.74, 6) is -0.633. The molecular weight excluding hydrogens is 270 g/mol. The molecule has 1 N–H and O–H groups in total. The number of methoxy groups -OCH3 is 1. The molecule has 2 aromatic rings. The number of carbonyl (C=O) groups is 2. The lowest BCUT2D eigenvalue weighted by Crippen LogP contribution is -2.13. The van der Waals surface area contributed by atoms with Crippen LogP contribution in [0.1, 0.15) is 33.3 Å². The van der Waals surface area contributed by atoms with Crippen LogP contribution in [0.3, 0.4) is 0 Å². The monoisotopic (exact) mass is 287 g/mol. The van der Waals surface area contributed by atoms with Gasteiger partial charge in [-0.3, -0.25) is 9.48 Å². The first kappa shape index (κ1) is 14.8. The number of hydrogen-bond acceptors (Lipinski definition) is 4. The molecule has 0 saturated carbocycles. The number of rotatable bonds is 4. The van der Waals surface area contributed by atoms with Gasteiger partial charge in [0.1, 0.15) is 0 Å². The van der Waals surface area contributed by atoms with Crippen molar-refractivity contribution in [3.8, 4) is 0 Å². The Bertz CT molecular complexity index is 659. The zero-order valence-electron chi connectivity index (χ0n) is 12.2. The predicted molar refractivity (Wildman–Crippen MR) is 78.4 cm³/mol. The first-order valence-electron chi connectivity index (χ1n) is 6.59. The Balaban J connectivity index is 2.12. The number of nitrogens with zero attached hydrogens (tertiary/aromatic N) is 2. The van der Waals surface area contributed by atoms with Gasteiger partial charge in [0.25, 0.3) is 5.91 Å². The van der Waals surface area contributed by atoms with E-state index in [0.29, 0.717) is 23.4 Å². The van der Waals surface area contributed by atoms with Crippen LogP contribution in [0.4, 0.5) is 5.69 Å². The van der Waals surface area contributed by atoms with Crippen molar-refractivity contribution in [1.29, 1.82) is 0 Å². The Labute approximate surface area is 122 Å². The smallest absolute Gasteiger partial charge is 0.337 e. The molecule has 0 bridgehead atoms. The maximum atomic E-state index is 12.2. The van der Waals surface area contributed by atoms with E-state index in [-0.39, 0.29) is 5.91 Å². The van der Waals surface area contributed by atoms with E-state index in [1.165, 1.54) is 7.11 Å². The van der Waals surface area contributed by atoms with Gasteiger partial charge in [0.05, 0.1) is 24.4 Å². The number of hydrogen-bond donors (Lipinski definition) is 1. The molecule has 0 aliphatic heterocycles. The van der Waals surface area contributed by atoms with Crippen molar-refractivity contribution in [1.82, 2.24) is 9.78 Å². The molecule has 6 heteroatoms. The number of anilines is 1. The minimum Gasteiger partial charge on any atom is -0.465 e. The SMILES string of the molecule is CCn1ncc(C(=O)Nc2ccc(C(=O)OC)cc2)c1C. The van der Waals surface area contributed by atoms with Crippen LogP contribution in [0, 0.1) is 6.92 Å². The maximum absolute atomic E-state index is 12.2. The zero-order chi connectivity index (χ0) is 15.4. The predicted octanol–water partition coefficient (Wildman–Crippen LogP) is 2.25. The minimum atomic E-state index is -0.409. The second kappa shape index (κ2) is 6.21. The van der Waals surface area contributed by atoms with Gasteiger partial charge < -0.3 is 10.1 Å². The first-order chi connectivity index (χ1) is 10.1. The zero-order valence-corrected chi connectivity index (χ0v) is 12.2. The minimum absolute atomic E-state index is 0.224. The molecule has 6 nitrogen and oxygen atoms in total. The standard InChI is InChI=1S/C15H17N3O3/c1-4-18-10(2)13(9-16-18)14(19)17-12-7-5-11(6-8-12)15(20)21-3/h5-9H,4H2,1-3H3,(H,17,19). The molecule has 0 fully saturated rings. The van der Waals surface area contributed by atoms with Crippen molar-refractivity contribution >= 4 is 17.6 Å². The van der Waals surface area contributed by atoms with E-state index in [2.05, 4.69) is 15.2 Å². The van der Waals surface area contributed by atoms with Crippen LogP contribution in [-0.4, -0.2) is 28.8 Å². The molecule has 2 rings (SSSR count). The summed E-state index contributed by atoms with van der Waals surface area (Å²) in [6, 6.07) is 6.51. The number of ether oxygens (including phenoxy) is 1. The highest BCUT2D eigenvalue weighted by Crippen LogP contribution is 2.14. The van der Waals surface area contributed by atoms with Crippen LogP contribution < -0.4 is 5.32 Å². The second-order valence-corrected chi connectivity index (χ2v) is 4.48. The third-order valence-corrected chi connectivity index (χ3v) is 3.21. The molecule has 0 unspecified atom stereocenters. The van der Waals surface area contributed by atoms with E-state index in [1.54, 1.807) is 35.1 Å². The van der Waals surface area contributed by atoms with Crippen LogP contribution in [-0.2, 0) is 11.3 Å². The van der Waals surface area contributed by atoms with Crippen molar-refractivity contribution in [2.45, 2.75) is 20.4 Å². The third-order valence-electron chi connectivity index (χ3n) is 3.21. The Kier molecular flexibility index (Phi) is 4.37. The van der Waals surface area contributed by atoms with E-state index >= 15 is 0 Å². The van der Waals surface area contributed by atoms with E-state index in [0.717, 1.165) is 5.69 Å². The Morgan fingerprint density at radius 2 is 1.95 bits per heavy atom. The van der Waals surface area contributed by atoms with Crippen LogP contribution >= 0.6 is 0 Å². The molecule has 1 aromatic carbocycles. The van der Waals surface area contributed by atoms with Gasteiger partial charge in [0.2, 0.25) is 0 Å². The normalized spacial score (nSPS) is 10.2. The third kappa shape index (κ3) is 3.10. The van der Waals surface area contributed by atoms with Gasteiger partial charge in [0, 0.05) is 17.9 Å². The fourth-order valence-corrected chi connectivity index (χ4v) is 1.99. The van der Waals surface area contributed by atoms with Gasteiger partial charge in [-0.15, -0.1) is 0 Å². The Morgan fingerprint density at radius 1 is 1.29 bits per heavy atom. The fraction of sp³-hybridized carbons (Fsp3) is 0.267. The summed E-state index contributed by atoms with van der Waals surface area (Å²) in [6.07, 6.45) is 1.55. The summed E-state index contributed by atoms with van der Waals surface area (Å²) in [7, 11) is 1.33. The van der Waals surface area contributed by atoms with Gasteiger partial charge in [0.15, 0.2) is 0 Å². The van der Waals surface area contributed by atoms with Crippen molar-refractivity contribution in [2.24, 2.45) is 0 Å². The highest BCUT2D eigenvalue weighted by molar-refractivity contribution is 6.05. The van der Waals surface area contributed by atoms with Crippen molar-refractivity contribution in [3.05, 3.63) is 47.3 Å². The number of aromatic nitrogens is 2. The number of aryl methyl sites for hydroxylation is 1. The summed E-state index contributed by atoms with van der Waals surface area (Å²) in [6.45, 7) is 4.53. The molecule has 0 atom stereocenters. The summed E-state index contributed by atoms with van der Waals surface area (Å²) in [4.78, 5) is 23.5. The number of benzene rings is 1. The van der Waals surface area contributed by atoms with Crippen molar-refractivity contribution in [3.63, 3.8) is 0 Å². The average Bonchev–Trinajstić information content (AvgIpc) is 2.88. The summed E-state index contributed by atoms with van der Waals surface area (Å²) < 4.78 is 6.38. The number of nitrogens with one attached hydrogen (secondary N) is 1. The molecule has 1 aromatic heterocycles. The van der Waals surface area contributed by atoms with Crippen LogP contribution in [0.2, 0.25) is 0 Å². The highest BCUT2D eigenvalue weighted by atomic mass is 16.5. The molecule has 0 aliphatic carbocycles. The quantitative estimate of drug-likeness (QED) is 0.875. The summed E-state index contributed by atoms with van der Waals surface area (Å²) >= 11 is 0. The largest absolute Gasteiger partial charge is 0.465 e. The van der Waals surface area contributed by atoms with Crippen LogP contribution in [0.5, 0.6) is 0 Å². The Morgan fingerprint density at radius 3 is 2.48 bits per heavy atom. The van der Waals surface area contributed by atoms with Crippen molar-refractivity contribution in [2.75, 3.05) is 12.4 Å². The van der Waals surface area contributed by atoms with E-state index in [4.69, 9.17) is 0 Å². The van der Waals surface area contributed by atoms with Gasteiger partial charge >= 0.3 is 5.97 Å². The lowest BCUT2D eigenvalue weighted by Gasteiger charge is -2.06. The molecule has 0 radical (unpaired) electrons. The molecule has 1 amide bonds. The Hall–Kier alpha value is -2.63. The maximum Gasteiger partial charge on any atom is 0.337 e. The highest BCUT2D eigenvalue weighted by Gasteiger charge is 2.14. The van der Waals surface area contributed by atoms with Gasteiger partial charge in [-0.1, -0.05) is 0 Å². The second-order valence-electron chi connectivity index (χ2n) is 4.48. The van der Waals surface area contributed by atoms with Crippen LogP contribution in [0.15, 0.2) is 30.5 Å². The molecule has 110 valence electrons. The van der Waals surface area contributed by atoms with Gasteiger partial charge in [-0.2, -0.15) is 5.10 Å². The lowest BCUT2D eigenvalue weighted by molar-refractivity contribution is 0.0600. The van der Waals surface area contributed by atoms with E-state index in [9.17, 15) is 9.59 Å². The summed E-state index contributed by atoms with van der Waals surface area (Å²) in [5.41, 5.74) is 2.40. The molecule has 0 spiro atoms. The molecule has 0 saturated heterocycles. The number of esters is 1. The van der Waals surface area contributed by atoms with Crippen LogP contribution in [0.25, 0.3) is 0 Å². The first-order valence-corrected chi connectivity index (χ1v) is 6.59. The molecule has 1 heterocycles. The fourth-order valence-electron chi connectivity index (χ4n) is 1.99. The van der Waals surface area contributed by atoms with Crippen molar-refractivity contribution < 1.29 is 14.3 Å². The van der Waals surface area contributed by atoms with Gasteiger partial charge in [-0.25, -0.2) is 4.79 Å². The van der Waals surface area contributed by atoms with E-state index < -0.39 is 5.97 Å². The van der Waals surface area contributed by atoms with E-state index in [1.807, 2.05) is 13.8 Å².